The Hall–Kier alpha value is -2.77. The molecule has 2 rings (SSSR count). The number of esters is 1. The maximum Gasteiger partial charge on any atom is 0.341 e. The first-order chi connectivity index (χ1) is 9.92. The molecule has 0 amide bonds. The maximum absolute atomic E-state index is 13.5. The summed E-state index contributed by atoms with van der Waals surface area (Å²) in [5.74, 6) is -5.12. The fraction of sp³-hybridized carbons (Fsp3) is 0.0769. The number of aromatic nitrogens is 1. The molecule has 0 aliphatic heterocycles. The molecule has 1 aromatic carbocycles. The third-order valence-electron chi connectivity index (χ3n) is 2.55. The van der Waals surface area contributed by atoms with Gasteiger partial charge in [-0.25, -0.2) is 18.0 Å². The Morgan fingerprint density at radius 1 is 1.24 bits per heavy atom. The summed E-state index contributed by atoms with van der Waals surface area (Å²) in [6.07, 6.45) is 0. The molecule has 0 atom stereocenters. The number of nitrogens with zero attached hydrogens (tertiary/aromatic N) is 1. The first-order valence-electron chi connectivity index (χ1n) is 5.62. The van der Waals surface area contributed by atoms with Crippen LogP contribution < -0.4 is 5.32 Å². The zero-order valence-electron chi connectivity index (χ0n) is 10.7. The van der Waals surface area contributed by atoms with E-state index in [1.165, 1.54) is 0 Å². The van der Waals surface area contributed by atoms with Crippen LogP contribution >= 0.6 is 0 Å². The van der Waals surface area contributed by atoms with Crippen LogP contribution in [0.15, 0.2) is 24.3 Å². The molecule has 0 saturated heterocycles. The average molecular weight is 298 g/mol. The van der Waals surface area contributed by atoms with Gasteiger partial charge in [0.25, 0.3) is 0 Å². The summed E-state index contributed by atoms with van der Waals surface area (Å²) < 4.78 is 44.1. The lowest BCUT2D eigenvalue weighted by atomic mass is 10.2. The molecule has 0 spiro atoms. The zero-order chi connectivity index (χ0) is 15.6. The number of carbonyl (C=O) groups excluding carboxylic acids is 1. The smallest absolute Gasteiger partial charge is 0.341 e. The summed E-state index contributed by atoms with van der Waals surface area (Å²) in [6.45, 7) is 0. The van der Waals surface area contributed by atoms with E-state index in [1.807, 2.05) is 0 Å². The second-order valence-corrected chi connectivity index (χ2v) is 3.93. The van der Waals surface area contributed by atoms with Crippen molar-refractivity contribution >= 4 is 17.5 Å². The number of nitrogens with one attached hydrogen (secondary N) is 1. The van der Waals surface area contributed by atoms with E-state index >= 15 is 0 Å². The van der Waals surface area contributed by atoms with Crippen molar-refractivity contribution in [1.29, 1.82) is 0 Å². The van der Waals surface area contributed by atoms with Gasteiger partial charge in [0, 0.05) is 6.07 Å². The van der Waals surface area contributed by atoms with Crippen LogP contribution in [0.1, 0.15) is 10.4 Å². The van der Waals surface area contributed by atoms with Gasteiger partial charge in [-0.3, -0.25) is 0 Å². The lowest BCUT2D eigenvalue weighted by Crippen LogP contribution is -2.09. The van der Waals surface area contributed by atoms with E-state index in [9.17, 15) is 23.1 Å². The molecule has 0 aliphatic carbocycles. The Kier molecular flexibility index (Phi) is 3.97. The summed E-state index contributed by atoms with van der Waals surface area (Å²) in [5.41, 5.74) is -0.559. The van der Waals surface area contributed by atoms with E-state index in [-0.39, 0.29) is 17.1 Å². The van der Waals surface area contributed by atoms with Gasteiger partial charge < -0.3 is 15.2 Å². The minimum Gasteiger partial charge on any atom is -0.491 e. The molecule has 21 heavy (non-hydrogen) atoms. The minimum atomic E-state index is -1.14. The summed E-state index contributed by atoms with van der Waals surface area (Å²) in [5, 5.41) is 11.6. The highest BCUT2D eigenvalue weighted by atomic mass is 19.1. The van der Waals surface area contributed by atoms with Gasteiger partial charge in [-0.1, -0.05) is 0 Å². The molecule has 2 N–H and O–H groups in total. The summed E-state index contributed by atoms with van der Waals surface area (Å²) in [6, 6.07) is 3.35. The van der Waals surface area contributed by atoms with Crippen LogP contribution in [0.2, 0.25) is 0 Å². The Morgan fingerprint density at radius 2 is 1.95 bits per heavy atom. The van der Waals surface area contributed by atoms with E-state index in [4.69, 9.17) is 0 Å². The topological polar surface area (TPSA) is 71.5 Å². The molecule has 0 radical (unpaired) electrons. The molecule has 2 aromatic rings. The van der Waals surface area contributed by atoms with Gasteiger partial charge in [0.1, 0.15) is 23.0 Å². The van der Waals surface area contributed by atoms with Crippen LogP contribution in [-0.2, 0) is 4.74 Å². The van der Waals surface area contributed by atoms with Crippen LogP contribution in [0.25, 0.3) is 0 Å². The van der Waals surface area contributed by atoms with Crippen LogP contribution in [0.5, 0.6) is 5.88 Å². The molecule has 0 fully saturated rings. The van der Waals surface area contributed by atoms with Crippen molar-refractivity contribution in [2.45, 2.75) is 0 Å². The standard InChI is InChI=1S/C13H9F3N2O3/c1-21-13(20)7-5-9(16)12(19)18-11(7)17-10-3-2-6(14)4-8(10)15/h2-5H,1H3,(H2,17,18,19). The Labute approximate surface area is 117 Å². The summed E-state index contributed by atoms with van der Waals surface area (Å²) in [4.78, 5) is 14.9. The molecule has 1 heterocycles. The van der Waals surface area contributed by atoms with E-state index in [1.54, 1.807) is 0 Å². The lowest BCUT2D eigenvalue weighted by Gasteiger charge is -2.11. The number of hydrogen-bond acceptors (Lipinski definition) is 5. The van der Waals surface area contributed by atoms with Crippen molar-refractivity contribution in [2.24, 2.45) is 0 Å². The van der Waals surface area contributed by atoms with E-state index in [2.05, 4.69) is 15.0 Å². The van der Waals surface area contributed by atoms with Crippen LogP contribution in [0.3, 0.4) is 0 Å². The highest BCUT2D eigenvalue weighted by Gasteiger charge is 2.19. The number of methoxy groups -OCH3 is 1. The Morgan fingerprint density at radius 3 is 2.57 bits per heavy atom. The average Bonchev–Trinajstić information content (AvgIpc) is 2.44. The highest BCUT2D eigenvalue weighted by Crippen LogP contribution is 2.26. The fourth-order valence-electron chi connectivity index (χ4n) is 1.56. The first kappa shape index (κ1) is 14.6. The monoisotopic (exact) mass is 298 g/mol. The first-order valence-corrected chi connectivity index (χ1v) is 5.62. The van der Waals surface area contributed by atoms with Crippen molar-refractivity contribution in [1.82, 2.24) is 4.98 Å². The second kappa shape index (κ2) is 5.70. The van der Waals surface area contributed by atoms with Crippen molar-refractivity contribution in [3.05, 3.63) is 47.3 Å². The summed E-state index contributed by atoms with van der Waals surface area (Å²) in [7, 11) is 1.06. The van der Waals surface area contributed by atoms with Crippen molar-refractivity contribution in [2.75, 3.05) is 12.4 Å². The lowest BCUT2D eigenvalue weighted by molar-refractivity contribution is 0.0601. The predicted octanol–water partition coefficient (Wildman–Crippen LogP) is 2.73. The second-order valence-electron chi connectivity index (χ2n) is 3.93. The number of halogens is 3. The molecule has 0 aliphatic rings. The predicted molar refractivity (Wildman–Crippen MR) is 66.8 cm³/mol. The number of pyridine rings is 1. The van der Waals surface area contributed by atoms with Crippen LogP contribution in [0, 0.1) is 17.5 Å². The quantitative estimate of drug-likeness (QED) is 0.853. The number of aromatic hydroxyl groups is 1. The Bertz CT molecular complexity index is 707. The van der Waals surface area contributed by atoms with Gasteiger partial charge in [0.15, 0.2) is 5.82 Å². The molecule has 110 valence electrons. The van der Waals surface area contributed by atoms with E-state index in [0.717, 1.165) is 19.2 Å². The molecule has 0 unspecified atom stereocenters. The molecule has 1 aromatic heterocycles. The minimum absolute atomic E-state index is 0.208. The van der Waals surface area contributed by atoms with E-state index < -0.39 is 29.3 Å². The van der Waals surface area contributed by atoms with Gasteiger partial charge in [-0.05, 0) is 18.2 Å². The normalized spacial score (nSPS) is 10.3. The number of rotatable bonds is 3. The summed E-state index contributed by atoms with van der Waals surface area (Å²) >= 11 is 0. The SMILES string of the molecule is COC(=O)c1cc(F)c(O)nc1Nc1ccc(F)cc1F. The molecular formula is C13H9F3N2O3. The molecule has 5 nitrogen and oxygen atoms in total. The van der Waals surface area contributed by atoms with E-state index in [0.29, 0.717) is 12.1 Å². The van der Waals surface area contributed by atoms with Crippen LogP contribution in [0.4, 0.5) is 24.7 Å². The van der Waals surface area contributed by atoms with Crippen molar-refractivity contribution < 1.29 is 27.8 Å². The number of hydrogen-bond donors (Lipinski definition) is 2. The number of anilines is 2. The molecule has 0 bridgehead atoms. The van der Waals surface area contributed by atoms with Gasteiger partial charge >= 0.3 is 5.97 Å². The largest absolute Gasteiger partial charge is 0.491 e. The molecule has 0 saturated carbocycles. The molecule has 8 heteroatoms. The molecular weight excluding hydrogens is 289 g/mol. The number of benzene rings is 1. The Balaban J connectivity index is 2.47. The number of carbonyl (C=O) groups is 1. The zero-order valence-corrected chi connectivity index (χ0v) is 10.7. The fourth-order valence-corrected chi connectivity index (χ4v) is 1.56. The third-order valence-corrected chi connectivity index (χ3v) is 2.55. The van der Waals surface area contributed by atoms with Crippen molar-refractivity contribution in [3.63, 3.8) is 0 Å². The third kappa shape index (κ3) is 3.04. The number of ether oxygens (including phenoxy) is 1. The van der Waals surface area contributed by atoms with Gasteiger partial charge in [-0.15, -0.1) is 0 Å². The van der Waals surface area contributed by atoms with Crippen LogP contribution in [-0.4, -0.2) is 23.2 Å². The van der Waals surface area contributed by atoms with Gasteiger partial charge in [-0.2, -0.15) is 4.98 Å². The highest BCUT2D eigenvalue weighted by molar-refractivity contribution is 5.95. The van der Waals surface area contributed by atoms with Gasteiger partial charge in [0.05, 0.1) is 12.8 Å². The van der Waals surface area contributed by atoms with Gasteiger partial charge in [0.2, 0.25) is 5.88 Å². The van der Waals surface area contributed by atoms with Crippen molar-refractivity contribution in [3.8, 4) is 5.88 Å². The maximum atomic E-state index is 13.5.